The van der Waals surface area contributed by atoms with Crippen molar-refractivity contribution in [3.63, 3.8) is 0 Å². The van der Waals surface area contributed by atoms with Crippen molar-refractivity contribution in [3.05, 3.63) is 45.6 Å². The highest BCUT2D eigenvalue weighted by molar-refractivity contribution is 9.10. The lowest BCUT2D eigenvalue weighted by molar-refractivity contribution is -0.146. The SMILES string of the molecule is CCOC(=O)C(c1ncn2c1CCC2(C)C)n1cc2c(C(F)F)cc(Br)c(C)c2n1. The number of aromatic nitrogens is 4. The molecule has 1 aliphatic rings. The summed E-state index contributed by atoms with van der Waals surface area (Å²) in [6.45, 7) is 7.96. The number of nitrogens with zero attached hydrogens (tertiary/aromatic N) is 4. The molecule has 0 saturated carbocycles. The van der Waals surface area contributed by atoms with Crippen LogP contribution in [0.1, 0.15) is 62.2 Å². The predicted molar refractivity (Wildman–Crippen MR) is 112 cm³/mol. The van der Waals surface area contributed by atoms with Crippen LogP contribution in [0.5, 0.6) is 0 Å². The summed E-state index contributed by atoms with van der Waals surface area (Å²) in [6, 6.07) is 0.469. The molecule has 0 fully saturated rings. The molecule has 3 aromatic rings. The molecule has 0 bridgehead atoms. The van der Waals surface area contributed by atoms with Gasteiger partial charge in [0.1, 0.15) is 0 Å². The number of benzene rings is 1. The van der Waals surface area contributed by atoms with Crippen molar-refractivity contribution in [1.29, 1.82) is 0 Å². The molecular formula is C21H23BrF2N4O2. The second-order valence-corrected chi connectivity index (χ2v) is 9.01. The number of imidazole rings is 1. The van der Waals surface area contributed by atoms with Crippen molar-refractivity contribution in [1.82, 2.24) is 19.3 Å². The second kappa shape index (κ2) is 7.44. The highest BCUT2D eigenvalue weighted by Crippen LogP contribution is 2.38. The number of fused-ring (bicyclic) bond motifs is 2. The third-order valence-corrected chi connectivity index (χ3v) is 6.66. The molecule has 1 atom stereocenters. The summed E-state index contributed by atoms with van der Waals surface area (Å²) < 4.78 is 36.7. The molecule has 0 N–H and O–H groups in total. The Labute approximate surface area is 181 Å². The number of alkyl halides is 2. The number of esters is 1. The van der Waals surface area contributed by atoms with Gasteiger partial charge in [0.05, 0.1) is 24.1 Å². The first-order valence-corrected chi connectivity index (χ1v) is 10.6. The lowest BCUT2D eigenvalue weighted by atomic mass is 10.0. The zero-order valence-corrected chi connectivity index (χ0v) is 18.8. The molecule has 0 radical (unpaired) electrons. The highest BCUT2D eigenvalue weighted by Gasteiger charge is 2.37. The van der Waals surface area contributed by atoms with Gasteiger partial charge in [-0.2, -0.15) is 5.10 Å². The van der Waals surface area contributed by atoms with Gasteiger partial charge in [-0.3, -0.25) is 4.68 Å². The van der Waals surface area contributed by atoms with Crippen molar-refractivity contribution < 1.29 is 18.3 Å². The van der Waals surface area contributed by atoms with Crippen LogP contribution in [-0.4, -0.2) is 31.9 Å². The molecule has 0 saturated heterocycles. The van der Waals surface area contributed by atoms with E-state index in [4.69, 9.17) is 4.74 Å². The smallest absolute Gasteiger partial charge is 0.337 e. The third kappa shape index (κ3) is 3.23. The minimum absolute atomic E-state index is 0.0983. The first-order chi connectivity index (χ1) is 14.2. The molecule has 0 amide bonds. The minimum atomic E-state index is -2.67. The van der Waals surface area contributed by atoms with Gasteiger partial charge in [0.15, 0.2) is 6.04 Å². The minimum Gasteiger partial charge on any atom is -0.464 e. The van der Waals surface area contributed by atoms with E-state index in [0.717, 1.165) is 24.1 Å². The van der Waals surface area contributed by atoms with Crippen LogP contribution in [0.15, 0.2) is 23.1 Å². The van der Waals surface area contributed by atoms with Crippen LogP contribution in [0.25, 0.3) is 10.9 Å². The van der Waals surface area contributed by atoms with Crippen LogP contribution in [0.2, 0.25) is 0 Å². The standard InChI is InChI=1S/C21H23BrF2N4O2/c1-5-30-20(29)18(17-15-6-7-21(3,4)27(15)10-25-17)28-9-13-12(19(23)24)8-14(22)11(2)16(13)26-28/h8-10,18-19H,5-7H2,1-4H3. The van der Waals surface area contributed by atoms with Gasteiger partial charge in [-0.15, -0.1) is 0 Å². The van der Waals surface area contributed by atoms with Crippen molar-refractivity contribution in [2.24, 2.45) is 0 Å². The molecule has 0 spiro atoms. The molecular weight excluding hydrogens is 458 g/mol. The molecule has 30 heavy (non-hydrogen) atoms. The van der Waals surface area contributed by atoms with Gasteiger partial charge >= 0.3 is 5.97 Å². The Morgan fingerprint density at radius 2 is 2.13 bits per heavy atom. The number of carbonyl (C=O) groups excluding carboxylic acids is 1. The second-order valence-electron chi connectivity index (χ2n) is 8.16. The Kier molecular flexibility index (Phi) is 5.20. The van der Waals surface area contributed by atoms with Crippen molar-refractivity contribution in [2.45, 2.75) is 58.5 Å². The predicted octanol–water partition coefficient (Wildman–Crippen LogP) is 5.08. The molecule has 1 aromatic carbocycles. The molecule has 0 aliphatic carbocycles. The van der Waals surface area contributed by atoms with E-state index >= 15 is 0 Å². The lowest BCUT2D eigenvalue weighted by Crippen LogP contribution is -2.25. The van der Waals surface area contributed by atoms with Crippen LogP contribution in [0, 0.1) is 6.92 Å². The van der Waals surface area contributed by atoms with Crippen LogP contribution in [0.3, 0.4) is 0 Å². The van der Waals surface area contributed by atoms with Gasteiger partial charge in [-0.05, 0) is 52.2 Å². The van der Waals surface area contributed by atoms with Gasteiger partial charge in [0.25, 0.3) is 6.43 Å². The fourth-order valence-electron chi connectivity index (χ4n) is 4.13. The van der Waals surface area contributed by atoms with Gasteiger partial charge in [0.2, 0.25) is 0 Å². The number of carbonyl (C=O) groups is 1. The van der Waals surface area contributed by atoms with E-state index in [1.54, 1.807) is 20.2 Å². The van der Waals surface area contributed by atoms with E-state index in [9.17, 15) is 13.6 Å². The quantitative estimate of drug-likeness (QED) is 0.478. The first kappa shape index (κ1) is 21.0. The number of ether oxygens (including phenoxy) is 1. The molecule has 6 nitrogen and oxygen atoms in total. The van der Waals surface area contributed by atoms with Crippen LogP contribution < -0.4 is 0 Å². The van der Waals surface area contributed by atoms with Gasteiger partial charge < -0.3 is 9.30 Å². The Morgan fingerprint density at radius 1 is 1.40 bits per heavy atom. The average Bonchev–Trinajstić information content (AvgIpc) is 3.35. The van der Waals surface area contributed by atoms with E-state index in [-0.39, 0.29) is 17.7 Å². The summed E-state index contributed by atoms with van der Waals surface area (Å²) in [5.41, 5.74) is 2.43. The summed E-state index contributed by atoms with van der Waals surface area (Å²) in [5.74, 6) is -0.508. The zero-order chi connectivity index (χ0) is 21.8. The maximum Gasteiger partial charge on any atom is 0.337 e. The van der Waals surface area contributed by atoms with Crippen LogP contribution >= 0.6 is 15.9 Å². The van der Waals surface area contributed by atoms with Crippen LogP contribution in [0.4, 0.5) is 8.78 Å². The fraction of sp³-hybridized carbons (Fsp3) is 0.476. The Morgan fingerprint density at radius 3 is 2.80 bits per heavy atom. The van der Waals surface area contributed by atoms with E-state index in [1.807, 2.05) is 0 Å². The summed E-state index contributed by atoms with van der Waals surface area (Å²) in [4.78, 5) is 17.5. The van der Waals surface area contributed by atoms with Crippen molar-refractivity contribution >= 4 is 32.8 Å². The Hall–Kier alpha value is -2.29. The van der Waals surface area contributed by atoms with E-state index < -0.39 is 18.4 Å². The maximum atomic E-state index is 13.7. The molecule has 3 heterocycles. The monoisotopic (exact) mass is 480 g/mol. The normalized spacial score (nSPS) is 16.3. The summed E-state index contributed by atoms with van der Waals surface area (Å²) in [5, 5.41) is 4.86. The Bertz CT molecular complexity index is 1140. The first-order valence-electron chi connectivity index (χ1n) is 9.85. The molecule has 4 rings (SSSR count). The highest BCUT2D eigenvalue weighted by atomic mass is 79.9. The van der Waals surface area contributed by atoms with Crippen LogP contribution in [-0.2, 0) is 21.5 Å². The number of aryl methyl sites for hydroxylation is 1. The number of hydrogen-bond acceptors (Lipinski definition) is 4. The number of hydrogen-bond donors (Lipinski definition) is 0. The average molecular weight is 481 g/mol. The molecule has 2 aromatic heterocycles. The van der Waals surface area contributed by atoms with Crippen molar-refractivity contribution in [3.8, 4) is 0 Å². The van der Waals surface area contributed by atoms with E-state index in [1.165, 1.54) is 16.9 Å². The third-order valence-electron chi connectivity index (χ3n) is 5.83. The number of halogens is 3. The Balaban J connectivity index is 1.92. The summed E-state index contributed by atoms with van der Waals surface area (Å²) >= 11 is 3.34. The largest absolute Gasteiger partial charge is 0.464 e. The zero-order valence-electron chi connectivity index (χ0n) is 17.2. The van der Waals surface area contributed by atoms with Gasteiger partial charge in [-0.1, -0.05) is 15.9 Å². The van der Waals surface area contributed by atoms with E-state index in [0.29, 0.717) is 21.1 Å². The summed E-state index contributed by atoms with van der Waals surface area (Å²) in [6.07, 6.45) is 2.27. The molecule has 1 unspecified atom stereocenters. The van der Waals surface area contributed by atoms with Crippen molar-refractivity contribution in [2.75, 3.05) is 6.61 Å². The fourth-order valence-corrected chi connectivity index (χ4v) is 4.56. The topological polar surface area (TPSA) is 61.9 Å². The summed E-state index contributed by atoms with van der Waals surface area (Å²) in [7, 11) is 0. The lowest BCUT2D eigenvalue weighted by Gasteiger charge is -2.20. The maximum absolute atomic E-state index is 13.7. The van der Waals surface area contributed by atoms with E-state index in [2.05, 4.69) is 44.4 Å². The van der Waals surface area contributed by atoms with Gasteiger partial charge in [0, 0.05) is 32.9 Å². The molecule has 160 valence electrons. The van der Waals surface area contributed by atoms with Gasteiger partial charge in [-0.25, -0.2) is 18.6 Å². The molecule has 1 aliphatic heterocycles. The molecule has 9 heteroatoms. The number of rotatable bonds is 5.